The molecule has 4 nitrogen and oxygen atoms in total. The molecule has 0 spiro atoms. The SMILES string of the molecule is COC(=O)C1=Cc2c(C)c(C)cc(C)c2C1C(=O)OC. The molecule has 106 valence electrons. The second kappa shape index (κ2) is 5.12. The molecular formula is C16H18O4. The van der Waals surface area contributed by atoms with E-state index in [1.54, 1.807) is 6.08 Å². The number of fused-ring (bicyclic) bond motifs is 1. The predicted molar refractivity (Wildman–Crippen MR) is 75.4 cm³/mol. The highest BCUT2D eigenvalue weighted by Crippen LogP contribution is 2.42. The number of ether oxygens (including phenoxy) is 2. The Bertz CT molecular complexity index is 626. The van der Waals surface area contributed by atoms with E-state index in [4.69, 9.17) is 9.47 Å². The summed E-state index contributed by atoms with van der Waals surface area (Å²) in [6.07, 6.45) is 1.75. The van der Waals surface area contributed by atoms with Gasteiger partial charge >= 0.3 is 11.9 Å². The van der Waals surface area contributed by atoms with Crippen molar-refractivity contribution < 1.29 is 19.1 Å². The molecule has 0 aliphatic heterocycles. The van der Waals surface area contributed by atoms with E-state index in [9.17, 15) is 9.59 Å². The predicted octanol–water partition coefficient (Wildman–Crippen LogP) is 2.44. The Morgan fingerprint density at radius 3 is 2.25 bits per heavy atom. The van der Waals surface area contributed by atoms with Gasteiger partial charge in [-0.3, -0.25) is 4.79 Å². The Balaban J connectivity index is 2.70. The molecule has 0 fully saturated rings. The van der Waals surface area contributed by atoms with E-state index >= 15 is 0 Å². The molecule has 1 unspecified atom stereocenters. The van der Waals surface area contributed by atoms with Gasteiger partial charge in [-0.2, -0.15) is 0 Å². The van der Waals surface area contributed by atoms with Gasteiger partial charge in [-0.05, 0) is 54.7 Å². The van der Waals surface area contributed by atoms with Crippen molar-refractivity contribution in [3.8, 4) is 0 Å². The van der Waals surface area contributed by atoms with Crippen LogP contribution in [0.15, 0.2) is 11.6 Å². The Kier molecular flexibility index (Phi) is 3.66. The van der Waals surface area contributed by atoms with Crippen molar-refractivity contribution in [3.05, 3.63) is 39.5 Å². The van der Waals surface area contributed by atoms with E-state index in [2.05, 4.69) is 0 Å². The van der Waals surface area contributed by atoms with Crippen LogP contribution in [0.25, 0.3) is 6.08 Å². The molecular weight excluding hydrogens is 256 g/mol. The second-order valence-corrected chi connectivity index (χ2v) is 5.01. The van der Waals surface area contributed by atoms with E-state index in [0.29, 0.717) is 5.57 Å². The van der Waals surface area contributed by atoms with Crippen LogP contribution >= 0.6 is 0 Å². The van der Waals surface area contributed by atoms with Crippen molar-refractivity contribution in [3.63, 3.8) is 0 Å². The highest BCUT2D eigenvalue weighted by Gasteiger charge is 2.38. The molecule has 1 aromatic rings. The van der Waals surface area contributed by atoms with Crippen molar-refractivity contribution >= 4 is 18.0 Å². The van der Waals surface area contributed by atoms with Crippen LogP contribution in [0, 0.1) is 20.8 Å². The van der Waals surface area contributed by atoms with Gasteiger partial charge in [0.1, 0.15) is 5.92 Å². The maximum Gasteiger partial charge on any atom is 0.334 e. The Morgan fingerprint density at radius 1 is 1.05 bits per heavy atom. The first-order valence-corrected chi connectivity index (χ1v) is 6.40. The first kappa shape index (κ1) is 14.3. The lowest BCUT2D eigenvalue weighted by Gasteiger charge is -2.17. The fourth-order valence-corrected chi connectivity index (χ4v) is 2.76. The third-order valence-electron chi connectivity index (χ3n) is 3.90. The molecule has 0 saturated carbocycles. The van der Waals surface area contributed by atoms with E-state index in [1.165, 1.54) is 14.2 Å². The zero-order valence-electron chi connectivity index (χ0n) is 12.4. The molecule has 0 radical (unpaired) electrons. The summed E-state index contributed by atoms with van der Waals surface area (Å²) in [5.41, 5.74) is 5.30. The number of carbonyl (C=O) groups is 2. The molecule has 1 aliphatic carbocycles. The number of esters is 2. The lowest BCUT2D eigenvalue weighted by molar-refractivity contribution is -0.144. The van der Waals surface area contributed by atoms with Crippen LogP contribution < -0.4 is 0 Å². The van der Waals surface area contributed by atoms with Crippen molar-refractivity contribution in [2.24, 2.45) is 0 Å². The molecule has 2 rings (SSSR count). The molecule has 0 aromatic heterocycles. The summed E-state index contributed by atoms with van der Waals surface area (Å²) in [6, 6.07) is 2.03. The minimum Gasteiger partial charge on any atom is -0.468 e. The van der Waals surface area contributed by atoms with Gasteiger partial charge < -0.3 is 9.47 Å². The highest BCUT2D eigenvalue weighted by atomic mass is 16.5. The maximum atomic E-state index is 12.1. The first-order valence-electron chi connectivity index (χ1n) is 6.40. The number of carbonyl (C=O) groups excluding carboxylic acids is 2. The molecule has 4 heteroatoms. The van der Waals surface area contributed by atoms with E-state index in [1.807, 2.05) is 26.8 Å². The number of hydrogen-bond acceptors (Lipinski definition) is 4. The molecule has 1 atom stereocenters. The Morgan fingerprint density at radius 2 is 1.70 bits per heavy atom. The average molecular weight is 274 g/mol. The van der Waals surface area contributed by atoms with Crippen LogP contribution in [0.5, 0.6) is 0 Å². The quantitative estimate of drug-likeness (QED) is 0.777. The third kappa shape index (κ3) is 2.01. The largest absolute Gasteiger partial charge is 0.468 e. The summed E-state index contributed by atoms with van der Waals surface area (Å²) in [5.74, 6) is -1.62. The number of methoxy groups -OCH3 is 2. The van der Waals surface area contributed by atoms with Crippen molar-refractivity contribution in [2.45, 2.75) is 26.7 Å². The lowest BCUT2D eigenvalue weighted by Crippen LogP contribution is -2.20. The fourth-order valence-electron chi connectivity index (χ4n) is 2.76. The summed E-state index contributed by atoms with van der Waals surface area (Å²) in [5, 5.41) is 0. The second-order valence-electron chi connectivity index (χ2n) is 5.01. The minimum atomic E-state index is -0.693. The zero-order valence-corrected chi connectivity index (χ0v) is 12.4. The van der Waals surface area contributed by atoms with Crippen LogP contribution in [0.2, 0.25) is 0 Å². The summed E-state index contributed by atoms with van der Waals surface area (Å²) >= 11 is 0. The van der Waals surface area contributed by atoms with Crippen LogP contribution in [0.3, 0.4) is 0 Å². The fraction of sp³-hybridized carbons (Fsp3) is 0.375. The summed E-state index contributed by atoms with van der Waals surface area (Å²) in [6.45, 7) is 5.94. The molecule has 0 bridgehead atoms. The van der Waals surface area contributed by atoms with Gasteiger partial charge in [0.05, 0.1) is 19.8 Å². The normalized spacial score (nSPS) is 16.4. The number of aryl methyl sites for hydroxylation is 2. The minimum absolute atomic E-state index is 0.339. The monoisotopic (exact) mass is 274 g/mol. The van der Waals surface area contributed by atoms with Crippen molar-refractivity contribution in [1.82, 2.24) is 0 Å². The van der Waals surface area contributed by atoms with Gasteiger partial charge in [-0.25, -0.2) is 4.79 Å². The number of hydrogen-bond donors (Lipinski definition) is 0. The van der Waals surface area contributed by atoms with Gasteiger partial charge in [0.2, 0.25) is 0 Å². The molecule has 20 heavy (non-hydrogen) atoms. The summed E-state index contributed by atoms with van der Waals surface area (Å²) in [4.78, 5) is 24.0. The topological polar surface area (TPSA) is 52.6 Å². The first-order chi connectivity index (χ1) is 9.42. The summed E-state index contributed by atoms with van der Waals surface area (Å²) < 4.78 is 9.64. The van der Waals surface area contributed by atoms with Crippen LogP contribution in [-0.4, -0.2) is 26.2 Å². The number of benzene rings is 1. The molecule has 1 aliphatic rings. The zero-order chi connectivity index (χ0) is 15.0. The van der Waals surface area contributed by atoms with E-state index in [0.717, 1.165) is 27.8 Å². The molecule has 0 heterocycles. The van der Waals surface area contributed by atoms with Crippen molar-refractivity contribution in [1.29, 1.82) is 0 Å². The van der Waals surface area contributed by atoms with Gasteiger partial charge in [0, 0.05) is 0 Å². The molecule has 0 amide bonds. The summed E-state index contributed by atoms with van der Waals surface area (Å²) in [7, 11) is 2.64. The molecule has 0 saturated heterocycles. The highest BCUT2D eigenvalue weighted by molar-refractivity contribution is 6.06. The standard InChI is InChI=1S/C16H18O4/c1-8-6-9(2)13-11(10(8)3)7-12(15(17)19-4)14(13)16(18)20-5/h6-7,14H,1-5H3. The van der Waals surface area contributed by atoms with Crippen LogP contribution in [-0.2, 0) is 19.1 Å². The Labute approximate surface area is 118 Å². The molecule has 1 aromatic carbocycles. The smallest absolute Gasteiger partial charge is 0.334 e. The lowest BCUT2D eigenvalue weighted by atomic mass is 9.89. The van der Waals surface area contributed by atoms with Gasteiger partial charge in [-0.15, -0.1) is 0 Å². The van der Waals surface area contributed by atoms with Crippen molar-refractivity contribution in [2.75, 3.05) is 14.2 Å². The Hall–Kier alpha value is -2.10. The van der Waals surface area contributed by atoms with Crippen LogP contribution in [0.4, 0.5) is 0 Å². The van der Waals surface area contributed by atoms with Crippen LogP contribution in [0.1, 0.15) is 33.7 Å². The average Bonchev–Trinajstić information content (AvgIpc) is 2.84. The third-order valence-corrected chi connectivity index (χ3v) is 3.90. The molecule has 0 N–H and O–H groups in total. The van der Waals surface area contributed by atoms with Gasteiger partial charge in [-0.1, -0.05) is 6.07 Å². The van der Waals surface area contributed by atoms with Gasteiger partial charge in [0.25, 0.3) is 0 Å². The number of rotatable bonds is 2. The van der Waals surface area contributed by atoms with E-state index < -0.39 is 17.9 Å². The van der Waals surface area contributed by atoms with Gasteiger partial charge in [0.15, 0.2) is 0 Å². The maximum absolute atomic E-state index is 12.1. The van der Waals surface area contributed by atoms with E-state index in [-0.39, 0.29) is 0 Å².